The van der Waals surface area contributed by atoms with Crippen LogP contribution in [0.2, 0.25) is 0 Å². The smallest absolute Gasteiger partial charge is 0.267 e. The predicted octanol–water partition coefficient (Wildman–Crippen LogP) is 3.42. The number of hydrogen-bond donors (Lipinski definition) is 5. The molecule has 0 aliphatic heterocycles. The van der Waals surface area contributed by atoms with E-state index in [-0.39, 0.29) is 16.3 Å². The topological polar surface area (TPSA) is 109 Å². The first-order chi connectivity index (χ1) is 11.6. The number of rotatable bonds is 0. The highest BCUT2D eigenvalue weighted by Crippen LogP contribution is 2.48. The van der Waals surface area contributed by atoms with Crippen molar-refractivity contribution < 1.29 is 15.3 Å². The van der Waals surface area contributed by atoms with Gasteiger partial charge in [-0.15, -0.1) is 0 Å². The van der Waals surface area contributed by atoms with Gasteiger partial charge < -0.3 is 25.3 Å². The summed E-state index contributed by atoms with van der Waals surface area (Å²) in [6.07, 6.45) is 1.60. The Balaban J connectivity index is 2.28. The number of aromatic amines is 2. The normalized spacial score (nSPS) is 16.5. The van der Waals surface area contributed by atoms with Crippen molar-refractivity contribution in [3.05, 3.63) is 33.8 Å². The molecule has 25 heavy (non-hydrogen) atoms. The Bertz CT molecular complexity index is 1150. The summed E-state index contributed by atoms with van der Waals surface area (Å²) < 4.78 is 0. The third-order valence-corrected chi connectivity index (χ3v) is 5.09. The van der Waals surface area contributed by atoms with Crippen LogP contribution in [0.4, 0.5) is 0 Å². The van der Waals surface area contributed by atoms with E-state index in [2.05, 4.69) is 30.4 Å². The first-order valence-corrected chi connectivity index (χ1v) is 8.14. The Morgan fingerprint density at radius 3 is 2.32 bits per heavy atom. The van der Waals surface area contributed by atoms with Gasteiger partial charge in [0.25, 0.3) is 5.43 Å². The highest BCUT2D eigenvalue weighted by molar-refractivity contribution is 6.17. The zero-order valence-electron chi connectivity index (χ0n) is 14.4. The number of pyridine rings is 1. The summed E-state index contributed by atoms with van der Waals surface area (Å²) in [5, 5.41) is 31.4. The molecule has 1 aliphatic carbocycles. The Morgan fingerprint density at radius 1 is 0.960 bits per heavy atom. The second-order valence-electron chi connectivity index (χ2n) is 7.72. The summed E-state index contributed by atoms with van der Waals surface area (Å²) in [4.78, 5) is 18.3. The molecule has 6 nitrogen and oxygen atoms in total. The lowest BCUT2D eigenvalue weighted by atomic mass is 9.73. The highest BCUT2D eigenvalue weighted by atomic mass is 16.3. The van der Waals surface area contributed by atoms with E-state index >= 15 is 0 Å². The minimum atomic E-state index is -0.994. The second-order valence-corrected chi connectivity index (χ2v) is 7.72. The Morgan fingerprint density at radius 2 is 1.64 bits per heavy atom. The van der Waals surface area contributed by atoms with Crippen molar-refractivity contribution in [1.29, 1.82) is 0 Å². The molecule has 4 rings (SSSR count). The number of aromatic nitrogens is 2. The number of phenolic OH excluding ortho intramolecular Hbond substituents is 3. The molecule has 3 aromatic rings. The van der Waals surface area contributed by atoms with Gasteiger partial charge in [0.05, 0.1) is 16.4 Å². The van der Waals surface area contributed by atoms with Gasteiger partial charge >= 0.3 is 0 Å². The molecule has 0 bridgehead atoms. The Labute approximate surface area is 143 Å². The summed E-state index contributed by atoms with van der Waals surface area (Å²) in [6, 6.07) is 0. The van der Waals surface area contributed by atoms with Gasteiger partial charge in [-0.1, -0.05) is 20.4 Å². The minimum Gasteiger partial charge on any atom is -0.504 e. The number of benzene rings is 1. The fourth-order valence-electron chi connectivity index (χ4n) is 4.13. The highest BCUT2D eigenvalue weighted by Gasteiger charge is 2.32. The number of phenols is 3. The summed E-state index contributed by atoms with van der Waals surface area (Å²) in [5.74, 6) is -1.96. The molecule has 1 aliphatic rings. The number of fused-ring (bicyclic) bond motifs is 5. The first kappa shape index (κ1) is 15.6. The van der Waals surface area contributed by atoms with E-state index in [9.17, 15) is 20.1 Å². The molecule has 0 fully saturated rings. The summed E-state index contributed by atoms with van der Waals surface area (Å²) in [7, 11) is 0. The van der Waals surface area contributed by atoms with Gasteiger partial charge in [0.15, 0.2) is 11.5 Å². The predicted molar refractivity (Wildman–Crippen MR) is 97.3 cm³/mol. The van der Waals surface area contributed by atoms with Gasteiger partial charge in [0, 0.05) is 22.3 Å². The van der Waals surface area contributed by atoms with E-state index < -0.39 is 22.7 Å². The fraction of sp³-hybridized carbons (Fsp3) is 0.316. The van der Waals surface area contributed by atoms with E-state index in [1.165, 1.54) is 0 Å². The maximum absolute atomic E-state index is 11.9. The average molecular weight is 340 g/mol. The zero-order chi connectivity index (χ0) is 18.3. The molecule has 0 radical (unpaired) electrons. The number of aryl methyl sites for hydroxylation is 1. The quantitative estimate of drug-likeness (QED) is 0.319. The summed E-state index contributed by atoms with van der Waals surface area (Å²) >= 11 is 0. The fourth-order valence-corrected chi connectivity index (χ4v) is 4.13. The van der Waals surface area contributed by atoms with Crippen molar-refractivity contribution in [2.24, 2.45) is 5.41 Å². The number of allylic oxidation sites excluding steroid dienone is 1. The molecule has 2 aromatic heterocycles. The largest absolute Gasteiger partial charge is 0.504 e. The van der Waals surface area contributed by atoms with Crippen molar-refractivity contribution in [2.45, 2.75) is 33.6 Å². The molecule has 0 saturated carbocycles. The van der Waals surface area contributed by atoms with Gasteiger partial charge in [0.1, 0.15) is 0 Å². The van der Waals surface area contributed by atoms with Gasteiger partial charge in [-0.05, 0) is 30.8 Å². The SMILES string of the molecule is C=C1CC(C)(C)Cc2[nH]c(C)c3[nH]c4c(O)c(=O)c(O)c(O)c4c3c21. The third-order valence-electron chi connectivity index (χ3n) is 5.09. The van der Waals surface area contributed by atoms with Crippen LogP contribution in [-0.2, 0) is 6.42 Å². The van der Waals surface area contributed by atoms with Crippen LogP contribution in [0.1, 0.15) is 37.2 Å². The van der Waals surface area contributed by atoms with E-state index in [0.717, 1.165) is 35.4 Å². The van der Waals surface area contributed by atoms with Crippen LogP contribution in [-0.4, -0.2) is 25.3 Å². The molecule has 0 spiro atoms. The molecule has 0 saturated heterocycles. The molecule has 0 atom stereocenters. The van der Waals surface area contributed by atoms with Crippen LogP contribution in [0.5, 0.6) is 17.2 Å². The van der Waals surface area contributed by atoms with E-state index in [0.29, 0.717) is 10.9 Å². The average Bonchev–Trinajstić information content (AvgIpc) is 2.90. The van der Waals surface area contributed by atoms with Crippen molar-refractivity contribution in [3.8, 4) is 17.2 Å². The van der Waals surface area contributed by atoms with Gasteiger partial charge in [-0.25, -0.2) is 0 Å². The zero-order valence-corrected chi connectivity index (χ0v) is 14.4. The Hall–Kier alpha value is -2.89. The van der Waals surface area contributed by atoms with Gasteiger partial charge in [-0.3, -0.25) is 4.79 Å². The maximum atomic E-state index is 11.9. The van der Waals surface area contributed by atoms with Crippen molar-refractivity contribution in [3.63, 3.8) is 0 Å². The van der Waals surface area contributed by atoms with E-state index in [1.807, 2.05) is 6.92 Å². The van der Waals surface area contributed by atoms with Crippen LogP contribution in [0.15, 0.2) is 11.4 Å². The third kappa shape index (κ3) is 1.94. The maximum Gasteiger partial charge on any atom is 0.267 e. The van der Waals surface area contributed by atoms with E-state index in [1.54, 1.807) is 0 Å². The molecule has 0 unspecified atom stereocenters. The summed E-state index contributed by atoms with van der Waals surface area (Å²) in [6.45, 7) is 10.4. The van der Waals surface area contributed by atoms with Crippen molar-refractivity contribution in [2.75, 3.05) is 0 Å². The van der Waals surface area contributed by atoms with Crippen LogP contribution in [0.3, 0.4) is 0 Å². The van der Waals surface area contributed by atoms with Gasteiger partial charge in [-0.2, -0.15) is 0 Å². The standard InChI is InChI=1S/C19H20N2O4/c1-7-5-19(3,4)6-9-10(7)11-12-14(21-13(11)8(2)20-9)16(23)18(25)17(24)15(12)22/h20-24H,1,5-6H2,2-4H3. The Kier molecular flexibility index (Phi) is 2.87. The van der Waals surface area contributed by atoms with Crippen molar-refractivity contribution >= 4 is 27.4 Å². The monoisotopic (exact) mass is 340 g/mol. The van der Waals surface area contributed by atoms with Crippen LogP contribution < -0.4 is 5.43 Å². The van der Waals surface area contributed by atoms with Crippen molar-refractivity contribution in [1.82, 2.24) is 9.97 Å². The van der Waals surface area contributed by atoms with Crippen LogP contribution in [0, 0.1) is 12.3 Å². The summed E-state index contributed by atoms with van der Waals surface area (Å²) in [5.41, 5.74) is 3.46. The second kappa shape index (κ2) is 4.59. The minimum absolute atomic E-state index is 0.0569. The number of hydrogen-bond acceptors (Lipinski definition) is 4. The van der Waals surface area contributed by atoms with Crippen LogP contribution >= 0.6 is 0 Å². The lowest BCUT2D eigenvalue weighted by Gasteiger charge is -2.33. The molecular formula is C19H20N2O4. The molecule has 2 heterocycles. The molecule has 0 amide bonds. The molecule has 130 valence electrons. The number of aromatic hydroxyl groups is 3. The first-order valence-electron chi connectivity index (χ1n) is 8.14. The molecule has 6 heteroatoms. The lowest BCUT2D eigenvalue weighted by Crippen LogP contribution is -2.22. The van der Waals surface area contributed by atoms with Crippen LogP contribution in [0.25, 0.3) is 27.4 Å². The number of nitrogens with one attached hydrogen (secondary N) is 2. The van der Waals surface area contributed by atoms with Gasteiger partial charge in [0.2, 0.25) is 5.75 Å². The van der Waals surface area contributed by atoms with E-state index in [4.69, 9.17) is 0 Å². The lowest BCUT2D eigenvalue weighted by molar-refractivity contribution is 0.361. The molecule has 5 N–H and O–H groups in total. The molecular weight excluding hydrogens is 320 g/mol. The molecule has 1 aromatic carbocycles. The number of H-pyrrole nitrogens is 2.